The summed E-state index contributed by atoms with van der Waals surface area (Å²) in [7, 11) is 0. The zero-order valence-corrected chi connectivity index (χ0v) is 35.1. The third-order valence-electron chi connectivity index (χ3n) is 8.76. The Kier molecular flexibility index (Phi) is 40.2. The van der Waals surface area contributed by atoms with Crippen molar-refractivity contribution in [3.8, 4) is 0 Å². The zero-order chi connectivity index (χ0) is 40.1. The standard InChI is InChI=1S/C49H78O6/c1-4-7-10-13-16-19-21-22-23-24-25-26-28-30-33-36-39-42-48(51)54-45-46(44-53-47(50)41-38-35-32-29-18-15-12-9-6-3)55-49(52)43-40-37-34-31-27-20-17-14-11-8-5-2/h7,10,13-14,16-17,19-28,46H,4-6,8-9,11-12,15,18,29-45H2,1-3H3/b10-7-,16-13-,17-14-,21-19-,23-22-,25-24+,27-20-,28-26-. The molecular weight excluding hydrogens is 685 g/mol. The first-order chi connectivity index (χ1) is 27.0. The van der Waals surface area contributed by atoms with E-state index in [0.29, 0.717) is 12.8 Å². The van der Waals surface area contributed by atoms with Crippen molar-refractivity contribution in [2.75, 3.05) is 13.2 Å². The molecule has 0 aliphatic rings. The van der Waals surface area contributed by atoms with Gasteiger partial charge in [-0.15, -0.1) is 0 Å². The average molecular weight is 763 g/mol. The summed E-state index contributed by atoms with van der Waals surface area (Å²) < 4.78 is 16.6. The molecule has 6 heteroatoms. The molecular formula is C49H78O6. The fourth-order valence-electron chi connectivity index (χ4n) is 5.45. The van der Waals surface area contributed by atoms with Gasteiger partial charge in [-0.25, -0.2) is 0 Å². The van der Waals surface area contributed by atoms with E-state index < -0.39 is 6.10 Å². The SMILES string of the molecule is CC\C=C/C=C\C=C/C=C\C=C\C=C/CCCCCC(=O)OCC(COC(=O)CCCCCCCCCCC)OC(=O)CCCCC/C=C\C=C/CCCC. The summed E-state index contributed by atoms with van der Waals surface area (Å²) in [5.41, 5.74) is 0. The summed E-state index contributed by atoms with van der Waals surface area (Å²) in [5, 5.41) is 0. The molecule has 1 unspecified atom stereocenters. The van der Waals surface area contributed by atoms with E-state index in [0.717, 1.165) is 83.5 Å². The Morgan fingerprint density at radius 2 is 0.727 bits per heavy atom. The molecule has 0 fully saturated rings. The predicted molar refractivity (Wildman–Crippen MR) is 233 cm³/mol. The van der Waals surface area contributed by atoms with Crippen LogP contribution in [0.5, 0.6) is 0 Å². The number of hydrogen-bond donors (Lipinski definition) is 0. The van der Waals surface area contributed by atoms with Gasteiger partial charge in [0.25, 0.3) is 0 Å². The first-order valence-electron chi connectivity index (χ1n) is 21.8. The highest BCUT2D eigenvalue weighted by atomic mass is 16.6. The molecule has 0 aromatic heterocycles. The van der Waals surface area contributed by atoms with Gasteiger partial charge in [-0.3, -0.25) is 14.4 Å². The fraction of sp³-hybridized carbons (Fsp3) is 0.612. The molecule has 0 rings (SSSR count). The number of allylic oxidation sites excluding steroid dienone is 16. The lowest BCUT2D eigenvalue weighted by Crippen LogP contribution is -2.30. The Balaban J connectivity index is 4.51. The highest BCUT2D eigenvalue weighted by Gasteiger charge is 2.19. The Hall–Kier alpha value is -3.67. The van der Waals surface area contributed by atoms with Gasteiger partial charge < -0.3 is 14.2 Å². The summed E-state index contributed by atoms with van der Waals surface area (Å²) in [4.78, 5) is 37.6. The van der Waals surface area contributed by atoms with E-state index >= 15 is 0 Å². The van der Waals surface area contributed by atoms with Crippen molar-refractivity contribution in [1.29, 1.82) is 0 Å². The first kappa shape index (κ1) is 51.3. The number of carbonyl (C=O) groups is 3. The number of rotatable bonds is 37. The molecule has 0 aromatic rings. The van der Waals surface area contributed by atoms with Crippen LogP contribution >= 0.6 is 0 Å². The predicted octanol–water partition coefficient (Wildman–Crippen LogP) is 13.9. The molecule has 0 saturated carbocycles. The third-order valence-corrected chi connectivity index (χ3v) is 8.76. The van der Waals surface area contributed by atoms with Gasteiger partial charge in [-0.2, -0.15) is 0 Å². The number of ether oxygens (including phenoxy) is 3. The maximum atomic E-state index is 12.7. The minimum absolute atomic E-state index is 0.104. The zero-order valence-electron chi connectivity index (χ0n) is 35.1. The molecule has 0 aromatic carbocycles. The van der Waals surface area contributed by atoms with Crippen molar-refractivity contribution >= 4 is 17.9 Å². The van der Waals surface area contributed by atoms with E-state index in [4.69, 9.17) is 14.2 Å². The van der Waals surface area contributed by atoms with Gasteiger partial charge in [0.05, 0.1) is 0 Å². The molecule has 0 spiro atoms. The van der Waals surface area contributed by atoms with Crippen LogP contribution < -0.4 is 0 Å². The summed E-state index contributed by atoms with van der Waals surface area (Å²) in [6.45, 7) is 6.32. The van der Waals surface area contributed by atoms with Gasteiger partial charge in [0.15, 0.2) is 6.10 Å². The van der Waals surface area contributed by atoms with Crippen LogP contribution in [0.1, 0.15) is 175 Å². The number of carbonyl (C=O) groups excluding carboxylic acids is 3. The Bertz CT molecular complexity index is 1150. The number of hydrogen-bond acceptors (Lipinski definition) is 6. The maximum Gasteiger partial charge on any atom is 0.306 e. The second-order valence-corrected chi connectivity index (χ2v) is 14.1. The highest BCUT2D eigenvalue weighted by Crippen LogP contribution is 2.12. The Morgan fingerprint density at radius 3 is 1.18 bits per heavy atom. The van der Waals surface area contributed by atoms with Crippen molar-refractivity contribution in [3.63, 3.8) is 0 Å². The molecule has 6 nitrogen and oxygen atoms in total. The van der Waals surface area contributed by atoms with E-state index in [1.165, 1.54) is 51.4 Å². The Labute approximate surface area is 337 Å². The van der Waals surface area contributed by atoms with Crippen molar-refractivity contribution in [2.24, 2.45) is 0 Å². The van der Waals surface area contributed by atoms with Crippen LogP contribution in [0.25, 0.3) is 0 Å². The second-order valence-electron chi connectivity index (χ2n) is 14.1. The van der Waals surface area contributed by atoms with Crippen LogP contribution in [0.4, 0.5) is 0 Å². The summed E-state index contributed by atoms with van der Waals surface area (Å²) in [6.07, 6.45) is 55.3. The van der Waals surface area contributed by atoms with Crippen LogP contribution in [0, 0.1) is 0 Å². The van der Waals surface area contributed by atoms with E-state index in [9.17, 15) is 14.4 Å². The van der Waals surface area contributed by atoms with Gasteiger partial charge >= 0.3 is 17.9 Å². The van der Waals surface area contributed by atoms with Gasteiger partial charge in [-0.1, -0.05) is 195 Å². The molecule has 0 radical (unpaired) electrons. The molecule has 0 N–H and O–H groups in total. The first-order valence-corrected chi connectivity index (χ1v) is 21.8. The van der Waals surface area contributed by atoms with Crippen LogP contribution in [0.3, 0.4) is 0 Å². The molecule has 0 bridgehead atoms. The van der Waals surface area contributed by atoms with Crippen molar-refractivity contribution < 1.29 is 28.6 Å². The quantitative estimate of drug-likeness (QED) is 0.0271. The monoisotopic (exact) mass is 763 g/mol. The average Bonchev–Trinajstić information content (AvgIpc) is 3.18. The minimum atomic E-state index is -0.806. The van der Waals surface area contributed by atoms with Crippen molar-refractivity contribution in [3.05, 3.63) is 97.2 Å². The topological polar surface area (TPSA) is 78.9 Å². The van der Waals surface area contributed by atoms with Gasteiger partial charge in [0, 0.05) is 19.3 Å². The summed E-state index contributed by atoms with van der Waals surface area (Å²) >= 11 is 0. The highest BCUT2D eigenvalue weighted by molar-refractivity contribution is 5.71. The number of unbranched alkanes of at least 4 members (excludes halogenated alkanes) is 16. The molecule has 0 heterocycles. The van der Waals surface area contributed by atoms with Crippen LogP contribution in [0.2, 0.25) is 0 Å². The number of esters is 3. The molecule has 0 amide bonds. The molecule has 0 saturated heterocycles. The summed E-state index contributed by atoms with van der Waals surface area (Å²) in [6, 6.07) is 0. The lowest BCUT2D eigenvalue weighted by Gasteiger charge is -2.18. The largest absolute Gasteiger partial charge is 0.462 e. The molecule has 1 atom stereocenters. The molecule has 0 aliphatic heterocycles. The van der Waals surface area contributed by atoms with Gasteiger partial charge in [-0.05, 0) is 57.8 Å². The van der Waals surface area contributed by atoms with Crippen LogP contribution in [-0.2, 0) is 28.6 Å². The van der Waals surface area contributed by atoms with E-state index in [2.05, 4.69) is 57.2 Å². The van der Waals surface area contributed by atoms with Gasteiger partial charge in [0.2, 0.25) is 0 Å². The normalized spacial score (nSPS) is 13.0. The Morgan fingerprint density at radius 1 is 0.382 bits per heavy atom. The molecule has 310 valence electrons. The fourth-order valence-corrected chi connectivity index (χ4v) is 5.45. The lowest BCUT2D eigenvalue weighted by atomic mass is 10.1. The smallest absolute Gasteiger partial charge is 0.306 e. The lowest BCUT2D eigenvalue weighted by molar-refractivity contribution is -0.167. The summed E-state index contributed by atoms with van der Waals surface area (Å²) in [5.74, 6) is -0.992. The molecule has 0 aliphatic carbocycles. The van der Waals surface area contributed by atoms with Crippen LogP contribution in [0.15, 0.2) is 97.2 Å². The van der Waals surface area contributed by atoms with Crippen molar-refractivity contribution in [2.45, 2.75) is 181 Å². The third kappa shape index (κ3) is 41.3. The van der Waals surface area contributed by atoms with E-state index in [-0.39, 0.29) is 37.5 Å². The van der Waals surface area contributed by atoms with E-state index in [1.54, 1.807) is 0 Å². The van der Waals surface area contributed by atoms with Crippen LogP contribution in [-0.4, -0.2) is 37.2 Å². The van der Waals surface area contributed by atoms with Crippen molar-refractivity contribution in [1.82, 2.24) is 0 Å². The van der Waals surface area contributed by atoms with E-state index in [1.807, 2.05) is 60.8 Å². The van der Waals surface area contributed by atoms with Gasteiger partial charge in [0.1, 0.15) is 13.2 Å². The minimum Gasteiger partial charge on any atom is -0.462 e. The second kappa shape index (κ2) is 43.1. The molecule has 55 heavy (non-hydrogen) atoms. The maximum absolute atomic E-state index is 12.7.